The highest BCUT2D eigenvalue weighted by molar-refractivity contribution is 5.94. The molecule has 8 heteroatoms. The summed E-state index contributed by atoms with van der Waals surface area (Å²) in [7, 11) is 1.57. The number of piperazine rings is 1. The van der Waals surface area contributed by atoms with Crippen molar-refractivity contribution in [3.8, 4) is 5.75 Å². The van der Waals surface area contributed by atoms with Gasteiger partial charge in [-0.2, -0.15) is 0 Å². The molecule has 0 spiro atoms. The van der Waals surface area contributed by atoms with Gasteiger partial charge in [-0.3, -0.25) is 19.7 Å². The van der Waals surface area contributed by atoms with Crippen LogP contribution in [0.15, 0.2) is 48.5 Å². The molecule has 8 nitrogen and oxygen atoms in total. The van der Waals surface area contributed by atoms with Crippen molar-refractivity contribution >= 4 is 17.5 Å². The van der Waals surface area contributed by atoms with Crippen molar-refractivity contribution in [2.45, 2.75) is 6.42 Å². The van der Waals surface area contributed by atoms with Gasteiger partial charge < -0.3 is 14.5 Å². The van der Waals surface area contributed by atoms with E-state index < -0.39 is 4.92 Å². The van der Waals surface area contributed by atoms with E-state index in [9.17, 15) is 19.7 Å². The molecule has 146 valence electrons. The molecule has 28 heavy (non-hydrogen) atoms. The fourth-order valence-electron chi connectivity index (χ4n) is 3.19. The molecule has 0 unspecified atom stereocenters. The van der Waals surface area contributed by atoms with Crippen LogP contribution in [0.5, 0.6) is 5.75 Å². The molecule has 2 aromatic rings. The van der Waals surface area contributed by atoms with E-state index in [1.54, 1.807) is 59.4 Å². The van der Waals surface area contributed by atoms with Crippen LogP contribution < -0.4 is 4.74 Å². The summed E-state index contributed by atoms with van der Waals surface area (Å²) < 4.78 is 5.10. The quantitative estimate of drug-likeness (QED) is 0.582. The Hall–Kier alpha value is -3.42. The highest BCUT2D eigenvalue weighted by atomic mass is 16.6. The van der Waals surface area contributed by atoms with Crippen molar-refractivity contribution in [3.63, 3.8) is 0 Å². The monoisotopic (exact) mass is 383 g/mol. The largest absolute Gasteiger partial charge is 0.497 e. The first-order chi connectivity index (χ1) is 13.5. The topological polar surface area (TPSA) is 93.0 Å². The number of amides is 2. The Balaban J connectivity index is 1.58. The molecular formula is C20H21N3O5. The molecule has 0 saturated carbocycles. The van der Waals surface area contributed by atoms with Crippen molar-refractivity contribution in [1.82, 2.24) is 9.80 Å². The van der Waals surface area contributed by atoms with E-state index in [1.807, 2.05) is 0 Å². The van der Waals surface area contributed by atoms with Crippen LogP contribution in [-0.2, 0) is 11.2 Å². The van der Waals surface area contributed by atoms with Crippen LogP contribution in [0.4, 0.5) is 5.69 Å². The Labute approximate surface area is 162 Å². The third kappa shape index (κ3) is 4.28. The van der Waals surface area contributed by atoms with Crippen LogP contribution in [0, 0.1) is 10.1 Å². The molecule has 1 saturated heterocycles. The molecule has 3 rings (SSSR count). The minimum atomic E-state index is -0.478. The maximum absolute atomic E-state index is 12.6. The summed E-state index contributed by atoms with van der Waals surface area (Å²) in [6.07, 6.45) is -0.0242. The predicted octanol–water partition coefficient (Wildman–Crippen LogP) is 2.13. The lowest BCUT2D eigenvalue weighted by Crippen LogP contribution is -2.51. The van der Waals surface area contributed by atoms with E-state index in [1.165, 1.54) is 6.07 Å². The normalized spacial score (nSPS) is 13.9. The Morgan fingerprint density at radius 1 is 1.00 bits per heavy atom. The first-order valence-corrected chi connectivity index (χ1v) is 8.93. The number of rotatable bonds is 5. The fraction of sp³-hybridized carbons (Fsp3) is 0.300. The number of para-hydroxylation sites is 1. The van der Waals surface area contributed by atoms with Gasteiger partial charge in [-0.25, -0.2) is 0 Å². The van der Waals surface area contributed by atoms with E-state index >= 15 is 0 Å². The number of nitro groups is 1. The molecule has 2 aromatic carbocycles. The molecule has 1 fully saturated rings. The van der Waals surface area contributed by atoms with Crippen LogP contribution in [-0.4, -0.2) is 59.8 Å². The Bertz CT molecular complexity index is 874. The van der Waals surface area contributed by atoms with Gasteiger partial charge in [0.2, 0.25) is 5.91 Å². The standard InChI is InChI=1S/C20H21N3O5/c1-28-17-8-6-15(7-9-17)20(25)22-12-10-21(11-13-22)19(24)14-16-4-2-3-5-18(16)23(26)27/h2-9H,10-14H2,1H3. The molecule has 0 bridgehead atoms. The molecular weight excluding hydrogens is 362 g/mol. The highest BCUT2D eigenvalue weighted by Crippen LogP contribution is 2.20. The lowest BCUT2D eigenvalue weighted by atomic mass is 10.1. The van der Waals surface area contributed by atoms with Gasteiger partial charge in [0.25, 0.3) is 11.6 Å². The Morgan fingerprint density at radius 2 is 1.61 bits per heavy atom. The number of carbonyl (C=O) groups excluding carboxylic acids is 2. The molecule has 0 aromatic heterocycles. The van der Waals surface area contributed by atoms with Gasteiger partial charge in [0.15, 0.2) is 0 Å². The second-order valence-electron chi connectivity index (χ2n) is 6.46. The number of hydrogen-bond donors (Lipinski definition) is 0. The van der Waals surface area contributed by atoms with Gasteiger partial charge >= 0.3 is 0 Å². The number of carbonyl (C=O) groups is 2. The van der Waals surface area contributed by atoms with Crippen molar-refractivity contribution < 1.29 is 19.2 Å². The van der Waals surface area contributed by atoms with E-state index in [4.69, 9.17) is 4.74 Å². The third-order valence-corrected chi connectivity index (χ3v) is 4.79. The summed E-state index contributed by atoms with van der Waals surface area (Å²) in [6, 6.07) is 13.2. The minimum absolute atomic E-state index is 0.0242. The zero-order valence-electron chi connectivity index (χ0n) is 15.5. The average molecular weight is 383 g/mol. The summed E-state index contributed by atoms with van der Waals surface area (Å²) in [5, 5.41) is 11.1. The number of nitro benzene ring substituents is 1. The Kier molecular flexibility index (Phi) is 5.88. The maximum Gasteiger partial charge on any atom is 0.273 e. The molecule has 1 aliphatic rings. The van der Waals surface area contributed by atoms with Crippen LogP contribution in [0.1, 0.15) is 15.9 Å². The first kappa shape index (κ1) is 19.3. The maximum atomic E-state index is 12.6. The van der Waals surface area contributed by atoms with Crippen LogP contribution in [0.3, 0.4) is 0 Å². The second-order valence-corrected chi connectivity index (χ2v) is 6.46. The Morgan fingerprint density at radius 3 is 2.21 bits per heavy atom. The van der Waals surface area contributed by atoms with E-state index in [-0.39, 0.29) is 23.9 Å². The number of benzene rings is 2. The van der Waals surface area contributed by atoms with Crippen LogP contribution >= 0.6 is 0 Å². The van der Waals surface area contributed by atoms with E-state index in [0.29, 0.717) is 43.1 Å². The number of ether oxygens (including phenoxy) is 1. The molecule has 1 heterocycles. The lowest BCUT2D eigenvalue weighted by molar-refractivity contribution is -0.385. The second kappa shape index (κ2) is 8.51. The van der Waals surface area contributed by atoms with Gasteiger partial charge in [0, 0.05) is 43.4 Å². The molecule has 0 aliphatic carbocycles. The van der Waals surface area contributed by atoms with Crippen LogP contribution in [0.2, 0.25) is 0 Å². The molecule has 2 amide bonds. The van der Waals surface area contributed by atoms with Gasteiger partial charge in [-0.05, 0) is 24.3 Å². The lowest BCUT2D eigenvalue weighted by Gasteiger charge is -2.35. The summed E-state index contributed by atoms with van der Waals surface area (Å²) in [5.74, 6) is 0.418. The molecule has 0 radical (unpaired) electrons. The SMILES string of the molecule is COc1ccc(C(=O)N2CCN(C(=O)Cc3ccccc3[N+](=O)[O-])CC2)cc1. The summed E-state index contributed by atoms with van der Waals surface area (Å²) in [6.45, 7) is 1.66. The average Bonchev–Trinajstić information content (AvgIpc) is 2.73. The minimum Gasteiger partial charge on any atom is -0.497 e. The molecule has 1 aliphatic heterocycles. The third-order valence-electron chi connectivity index (χ3n) is 4.79. The summed E-state index contributed by atoms with van der Waals surface area (Å²) >= 11 is 0. The highest BCUT2D eigenvalue weighted by Gasteiger charge is 2.26. The van der Waals surface area contributed by atoms with Crippen molar-refractivity contribution in [3.05, 3.63) is 69.8 Å². The first-order valence-electron chi connectivity index (χ1n) is 8.93. The number of methoxy groups -OCH3 is 1. The van der Waals surface area contributed by atoms with Crippen molar-refractivity contribution in [1.29, 1.82) is 0 Å². The zero-order valence-corrected chi connectivity index (χ0v) is 15.5. The number of hydrogen-bond acceptors (Lipinski definition) is 5. The number of nitrogens with zero attached hydrogens (tertiary/aromatic N) is 3. The summed E-state index contributed by atoms with van der Waals surface area (Å²) in [5.41, 5.74) is 0.916. The predicted molar refractivity (Wildman–Crippen MR) is 102 cm³/mol. The fourth-order valence-corrected chi connectivity index (χ4v) is 3.19. The van der Waals surface area contributed by atoms with Gasteiger partial charge in [0.1, 0.15) is 5.75 Å². The molecule has 0 N–H and O–H groups in total. The van der Waals surface area contributed by atoms with Gasteiger partial charge in [0.05, 0.1) is 18.5 Å². The zero-order chi connectivity index (χ0) is 20.1. The smallest absolute Gasteiger partial charge is 0.273 e. The molecule has 0 atom stereocenters. The van der Waals surface area contributed by atoms with Crippen LogP contribution in [0.25, 0.3) is 0 Å². The summed E-state index contributed by atoms with van der Waals surface area (Å²) in [4.78, 5) is 39.1. The van der Waals surface area contributed by atoms with Crippen molar-refractivity contribution in [2.75, 3.05) is 33.3 Å². The van der Waals surface area contributed by atoms with Gasteiger partial charge in [-0.1, -0.05) is 18.2 Å². The van der Waals surface area contributed by atoms with E-state index in [2.05, 4.69) is 0 Å². The van der Waals surface area contributed by atoms with Gasteiger partial charge in [-0.15, -0.1) is 0 Å². The van der Waals surface area contributed by atoms with Crippen molar-refractivity contribution in [2.24, 2.45) is 0 Å². The van der Waals surface area contributed by atoms with E-state index in [0.717, 1.165) is 0 Å².